The molecule has 2 aromatic heterocycles. The quantitative estimate of drug-likeness (QED) is 0.298. The summed E-state index contributed by atoms with van der Waals surface area (Å²) in [5.74, 6) is 0.894. The fraction of sp³-hybridized carbons (Fsp3) is 0.514. The molecule has 0 N–H and O–H groups in total. The molecule has 3 aromatic rings. The van der Waals surface area contributed by atoms with Crippen molar-refractivity contribution >= 4 is 17.9 Å². The Bertz CT molecular complexity index is 1660. The van der Waals surface area contributed by atoms with Gasteiger partial charge in [0.25, 0.3) is 5.91 Å². The number of carbonyl (C=O) groups excluding carboxylic acids is 2. The number of rotatable bonds is 9. The Morgan fingerprint density at radius 1 is 1.17 bits per heavy atom. The lowest BCUT2D eigenvalue weighted by Gasteiger charge is -2.52. The van der Waals surface area contributed by atoms with Gasteiger partial charge < -0.3 is 23.8 Å². The molecule has 1 atom stereocenters. The van der Waals surface area contributed by atoms with Crippen LogP contribution < -0.4 is 9.64 Å². The van der Waals surface area contributed by atoms with Crippen LogP contribution in [0.4, 0.5) is 10.7 Å². The maximum Gasteiger partial charge on any atom is 0.416 e. The number of carbonyl (C=O) groups is 2. The standard InChI is InChI=1S/C35H45N7O4/c1-9-45-29-17-28(38-19-26(29)18-36)23(2)42-22-35(11-10-12-35)30-25(21-39(6)7)15-24(16-27(30)31(42)43)20-41-14-13-37-32(41)40(8)33(44)46-34(3,4)5/h13-17,19,23H,9-12,20-22H2,1-8H3. The van der Waals surface area contributed by atoms with Gasteiger partial charge in [0, 0.05) is 55.8 Å². The first kappa shape index (κ1) is 32.9. The Morgan fingerprint density at radius 2 is 1.91 bits per heavy atom. The summed E-state index contributed by atoms with van der Waals surface area (Å²) in [6, 6.07) is 7.84. The molecular weight excluding hydrogens is 582 g/mol. The maximum absolute atomic E-state index is 14.5. The highest BCUT2D eigenvalue weighted by Gasteiger charge is 2.49. The van der Waals surface area contributed by atoms with Crippen LogP contribution in [0.3, 0.4) is 0 Å². The highest BCUT2D eigenvalue weighted by Crippen LogP contribution is 2.51. The number of nitriles is 1. The van der Waals surface area contributed by atoms with E-state index in [9.17, 15) is 14.9 Å². The van der Waals surface area contributed by atoms with Gasteiger partial charge in [-0.15, -0.1) is 0 Å². The van der Waals surface area contributed by atoms with E-state index in [1.807, 2.05) is 70.4 Å². The molecule has 2 amide bonds. The fourth-order valence-corrected chi connectivity index (χ4v) is 6.61. The third-order valence-corrected chi connectivity index (χ3v) is 8.79. The first-order valence-electron chi connectivity index (χ1n) is 15.9. The van der Waals surface area contributed by atoms with Crippen molar-refractivity contribution in [3.05, 3.63) is 70.3 Å². The molecule has 11 nitrogen and oxygen atoms in total. The van der Waals surface area contributed by atoms with Gasteiger partial charge in [-0.05, 0) is 84.3 Å². The van der Waals surface area contributed by atoms with Crippen LogP contribution >= 0.6 is 0 Å². The van der Waals surface area contributed by atoms with E-state index in [0.717, 1.165) is 36.0 Å². The number of hydrogen-bond acceptors (Lipinski definition) is 8. The molecule has 1 saturated carbocycles. The summed E-state index contributed by atoms with van der Waals surface area (Å²) in [5, 5.41) is 9.54. The molecule has 244 valence electrons. The molecule has 46 heavy (non-hydrogen) atoms. The molecule has 1 spiro atoms. The van der Waals surface area contributed by atoms with Crippen molar-refractivity contribution in [3.8, 4) is 11.8 Å². The predicted molar refractivity (Wildman–Crippen MR) is 175 cm³/mol. The summed E-state index contributed by atoms with van der Waals surface area (Å²) >= 11 is 0. The van der Waals surface area contributed by atoms with E-state index in [0.29, 0.717) is 54.8 Å². The maximum atomic E-state index is 14.5. The van der Waals surface area contributed by atoms with Gasteiger partial charge in [-0.1, -0.05) is 12.5 Å². The monoisotopic (exact) mass is 627 g/mol. The van der Waals surface area contributed by atoms with Crippen LogP contribution in [0.1, 0.15) is 98.2 Å². The summed E-state index contributed by atoms with van der Waals surface area (Å²) in [7, 11) is 5.73. The number of imidazole rings is 1. The number of ether oxygens (including phenoxy) is 2. The lowest BCUT2D eigenvalue weighted by Crippen LogP contribution is -2.54. The summed E-state index contributed by atoms with van der Waals surface area (Å²) < 4.78 is 13.2. The second-order valence-electron chi connectivity index (χ2n) is 13.7. The third kappa shape index (κ3) is 6.44. The molecular formula is C35H45N7O4. The van der Waals surface area contributed by atoms with Crippen molar-refractivity contribution in [2.75, 3.05) is 39.2 Å². The van der Waals surface area contributed by atoms with Crippen molar-refractivity contribution in [2.45, 2.75) is 84.0 Å². The molecule has 1 unspecified atom stereocenters. The van der Waals surface area contributed by atoms with E-state index in [2.05, 4.69) is 27.0 Å². The van der Waals surface area contributed by atoms with Crippen molar-refractivity contribution < 1.29 is 19.1 Å². The van der Waals surface area contributed by atoms with Crippen LogP contribution in [0.25, 0.3) is 0 Å². The molecule has 0 saturated heterocycles. The number of fused-ring (bicyclic) bond motifs is 2. The number of pyridine rings is 1. The number of hydrogen-bond donors (Lipinski definition) is 0. The zero-order chi connectivity index (χ0) is 33.4. The minimum absolute atomic E-state index is 0.0391. The summed E-state index contributed by atoms with van der Waals surface area (Å²) in [6.45, 7) is 11.5. The molecule has 1 aliphatic heterocycles. The van der Waals surface area contributed by atoms with Gasteiger partial charge in [0.05, 0.1) is 24.9 Å². The molecule has 1 fully saturated rings. The summed E-state index contributed by atoms with van der Waals surface area (Å²) in [5.41, 5.74) is 4.26. The third-order valence-electron chi connectivity index (χ3n) is 8.79. The van der Waals surface area contributed by atoms with Gasteiger partial charge in [-0.2, -0.15) is 5.26 Å². The number of benzene rings is 1. The number of amides is 2. The molecule has 3 heterocycles. The van der Waals surface area contributed by atoms with Gasteiger partial charge in [0.15, 0.2) is 0 Å². The number of anilines is 1. The topological polar surface area (TPSA) is 117 Å². The highest BCUT2D eigenvalue weighted by molar-refractivity contribution is 5.98. The lowest BCUT2D eigenvalue weighted by molar-refractivity contribution is 0.0482. The van der Waals surface area contributed by atoms with Crippen molar-refractivity contribution in [3.63, 3.8) is 0 Å². The molecule has 1 aliphatic carbocycles. The van der Waals surface area contributed by atoms with Gasteiger partial charge >= 0.3 is 6.09 Å². The Kier molecular flexibility index (Phi) is 9.14. The van der Waals surface area contributed by atoms with Crippen LogP contribution in [-0.4, -0.2) is 76.2 Å². The summed E-state index contributed by atoms with van der Waals surface area (Å²) in [4.78, 5) is 41.9. The highest BCUT2D eigenvalue weighted by atomic mass is 16.6. The zero-order valence-corrected chi connectivity index (χ0v) is 28.3. The molecule has 2 aliphatic rings. The van der Waals surface area contributed by atoms with Crippen LogP contribution in [0, 0.1) is 11.3 Å². The van der Waals surface area contributed by atoms with Crippen LogP contribution in [0.15, 0.2) is 36.8 Å². The zero-order valence-electron chi connectivity index (χ0n) is 28.3. The molecule has 0 bridgehead atoms. The average molecular weight is 628 g/mol. The predicted octanol–water partition coefficient (Wildman–Crippen LogP) is 5.67. The van der Waals surface area contributed by atoms with Crippen molar-refractivity contribution in [2.24, 2.45) is 0 Å². The Balaban J connectivity index is 1.54. The number of aromatic nitrogens is 3. The van der Waals surface area contributed by atoms with Crippen LogP contribution in [0.2, 0.25) is 0 Å². The smallest absolute Gasteiger partial charge is 0.416 e. The van der Waals surface area contributed by atoms with Gasteiger partial charge in [0.2, 0.25) is 5.95 Å². The van der Waals surface area contributed by atoms with E-state index in [-0.39, 0.29) is 17.4 Å². The van der Waals surface area contributed by atoms with Crippen LogP contribution in [0.5, 0.6) is 5.75 Å². The largest absolute Gasteiger partial charge is 0.492 e. The van der Waals surface area contributed by atoms with E-state index in [1.54, 1.807) is 19.3 Å². The van der Waals surface area contributed by atoms with Gasteiger partial charge in [-0.3, -0.25) is 14.7 Å². The lowest BCUT2D eigenvalue weighted by atomic mass is 9.60. The van der Waals surface area contributed by atoms with Gasteiger partial charge in [0.1, 0.15) is 23.0 Å². The number of nitrogens with zero attached hydrogens (tertiary/aromatic N) is 7. The SMILES string of the molecule is CCOc1cc(C(C)N2CC3(CCC3)c3c(CN(C)C)cc(Cn4ccnc4N(C)C(=O)OC(C)(C)C)cc3C2=O)ncc1C#N. The van der Waals surface area contributed by atoms with Crippen LogP contribution in [-0.2, 0) is 23.2 Å². The molecule has 11 heteroatoms. The van der Waals surface area contributed by atoms with Crippen molar-refractivity contribution in [1.29, 1.82) is 5.26 Å². The Morgan fingerprint density at radius 3 is 2.52 bits per heavy atom. The van der Waals surface area contributed by atoms with Crippen molar-refractivity contribution in [1.82, 2.24) is 24.3 Å². The summed E-state index contributed by atoms with van der Waals surface area (Å²) in [6.07, 6.45) is 7.66. The van der Waals surface area contributed by atoms with E-state index < -0.39 is 11.7 Å². The average Bonchev–Trinajstić information content (AvgIpc) is 3.43. The van der Waals surface area contributed by atoms with Gasteiger partial charge in [-0.25, -0.2) is 9.78 Å². The van der Waals surface area contributed by atoms with E-state index >= 15 is 0 Å². The molecule has 1 aromatic carbocycles. The fourth-order valence-electron chi connectivity index (χ4n) is 6.61. The minimum Gasteiger partial charge on any atom is -0.492 e. The second-order valence-corrected chi connectivity index (χ2v) is 13.7. The second kappa shape index (κ2) is 12.8. The molecule has 0 radical (unpaired) electrons. The van der Waals surface area contributed by atoms with E-state index in [4.69, 9.17) is 9.47 Å². The Hall–Kier alpha value is -4.43. The van der Waals surface area contributed by atoms with E-state index in [1.165, 1.54) is 11.1 Å². The first-order valence-corrected chi connectivity index (χ1v) is 15.9. The first-order chi connectivity index (χ1) is 21.8. The molecule has 5 rings (SSSR count). The Labute approximate surface area is 271 Å². The normalized spacial score (nSPS) is 16.1. The minimum atomic E-state index is -0.638.